The number of hydrogen-bond donors (Lipinski definition) is 2. The summed E-state index contributed by atoms with van der Waals surface area (Å²) in [7, 11) is -3.70. The number of halogens is 1. The summed E-state index contributed by atoms with van der Waals surface area (Å²) < 4.78 is 27.0. The number of nitrogens with two attached hydrogens (primary N) is 1. The molecule has 1 aliphatic rings. The van der Waals surface area contributed by atoms with Gasteiger partial charge in [0.25, 0.3) is 0 Å². The highest BCUT2D eigenvalue weighted by Crippen LogP contribution is 2.25. The second-order valence-electron chi connectivity index (χ2n) is 4.58. The number of benzene rings is 1. The van der Waals surface area contributed by atoms with E-state index in [-0.39, 0.29) is 22.0 Å². The van der Waals surface area contributed by atoms with Crippen LogP contribution in [0.2, 0.25) is 5.02 Å². The third-order valence-electron chi connectivity index (χ3n) is 3.23. The van der Waals surface area contributed by atoms with Crippen molar-refractivity contribution in [2.24, 2.45) is 5.73 Å². The smallest absolute Gasteiger partial charge is 0.242 e. The molecule has 0 spiro atoms. The molecule has 5 nitrogen and oxygen atoms in total. The van der Waals surface area contributed by atoms with E-state index in [0.29, 0.717) is 5.56 Å². The summed E-state index contributed by atoms with van der Waals surface area (Å²) in [6.45, 7) is 0. The van der Waals surface area contributed by atoms with E-state index >= 15 is 0 Å². The second-order valence-corrected chi connectivity index (χ2v) is 6.67. The maximum absolute atomic E-state index is 12.2. The molecule has 2 unspecified atom stereocenters. The first-order valence-electron chi connectivity index (χ1n) is 5.91. The van der Waals surface area contributed by atoms with E-state index < -0.39 is 10.0 Å². The predicted molar refractivity (Wildman–Crippen MR) is 72.1 cm³/mol. The first kappa shape index (κ1) is 14.3. The number of rotatable bonds is 3. The van der Waals surface area contributed by atoms with Crippen molar-refractivity contribution in [3.63, 3.8) is 0 Å². The van der Waals surface area contributed by atoms with E-state index in [9.17, 15) is 8.42 Å². The van der Waals surface area contributed by atoms with Crippen molar-refractivity contribution in [2.75, 3.05) is 0 Å². The third kappa shape index (κ3) is 3.07. The lowest BCUT2D eigenvalue weighted by Crippen LogP contribution is -2.43. The van der Waals surface area contributed by atoms with Gasteiger partial charge in [-0.2, -0.15) is 5.26 Å². The minimum atomic E-state index is -3.70. The third-order valence-corrected chi connectivity index (χ3v) is 5.20. The Morgan fingerprint density at radius 2 is 2.16 bits per heavy atom. The number of sulfonamides is 1. The molecular weight excluding hydrogens is 286 g/mol. The average molecular weight is 300 g/mol. The van der Waals surface area contributed by atoms with E-state index in [4.69, 9.17) is 22.6 Å². The fourth-order valence-corrected chi connectivity index (χ4v) is 4.05. The average Bonchev–Trinajstić information content (AvgIpc) is 2.73. The molecule has 0 radical (unpaired) electrons. The van der Waals surface area contributed by atoms with Gasteiger partial charge in [0, 0.05) is 12.1 Å². The molecule has 0 bridgehead atoms. The molecule has 102 valence electrons. The Hall–Kier alpha value is -1.13. The second kappa shape index (κ2) is 5.47. The Morgan fingerprint density at radius 1 is 1.42 bits per heavy atom. The quantitative estimate of drug-likeness (QED) is 0.881. The first-order chi connectivity index (χ1) is 8.94. The van der Waals surface area contributed by atoms with E-state index in [2.05, 4.69) is 4.72 Å². The van der Waals surface area contributed by atoms with Gasteiger partial charge in [-0.25, -0.2) is 13.1 Å². The van der Waals surface area contributed by atoms with Crippen LogP contribution in [-0.2, 0) is 10.0 Å². The topological polar surface area (TPSA) is 96.0 Å². The summed E-state index contributed by atoms with van der Waals surface area (Å²) in [6.07, 6.45) is 2.46. The van der Waals surface area contributed by atoms with Crippen molar-refractivity contribution in [2.45, 2.75) is 36.2 Å². The minimum Gasteiger partial charge on any atom is -0.326 e. The van der Waals surface area contributed by atoms with Crippen LogP contribution in [0.1, 0.15) is 24.8 Å². The molecule has 19 heavy (non-hydrogen) atoms. The largest absolute Gasteiger partial charge is 0.326 e. The number of nitrogens with zero attached hydrogens (tertiary/aromatic N) is 1. The maximum Gasteiger partial charge on any atom is 0.242 e. The SMILES string of the molecule is N#Cc1ccc(S(=O)(=O)NC2CCCC2N)c(Cl)c1. The standard InChI is InChI=1S/C12H14ClN3O2S/c13-9-6-8(7-14)4-5-12(9)19(17,18)16-11-3-1-2-10(11)15/h4-6,10-11,16H,1-3,15H2. The molecule has 1 aromatic rings. The molecule has 0 aliphatic heterocycles. The van der Waals surface area contributed by atoms with Crippen molar-refractivity contribution < 1.29 is 8.42 Å². The highest BCUT2D eigenvalue weighted by molar-refractivity contribution is 7.89. The maximum atomic E-state index is 12.2. The summed E-state index contributed by atoms with van der Waals surface area (Å²) >= 11 is 5.91. The lowest BCUT2D eigenvalue weighted by atomic mass is 10.2. The zero-order chi connectivity index (χ0) is 14.0. The van der Waals surface area contributed by atoms with Crippen LogP contribution >= 0.6 is 11.6 Å². The Balaban J connectivity index is 2.27. The van der Waals surface area contributed by atoms with Crippen molar-refractivity contribution in [1.29, 1.82) is 5.26 Å². The van der Waals surface area contributed by atoms with Gasteiger partial charge in [0.15, 0.2) is 0 Å². The monoisotopic (exact) mass is 299 g/mol. The Morgan fingerprint density at radius 3 is 2.68 bits per heavy atom. The van der Waals surface area contributed by atoms with Gasteiger partial charge in [0.2, 0.25) is 10.0 Å². The van der Waals surface area contributed by atoms with E-state index in [1.54, 1.807) is 0 Å². The summed E-state index contributed by atoms with van der Waals surface area (Å²) in [4.78, 5) is -0.0210. The molecule has 0 aromatic heterocycles. The van der Waals surface area contributed by atoms with Gasteiger partial charge in [-0.05, 0) is 31.0 Å². The van der Waals surface area contributed by atoms with Gasteiger partial charge in [-0.3, -0.25) is 0 Å². The molecule has 2 atom stereocenters. The van der Waals surface area contributed by atoms with E-state index in [0.717, 1.165) is 19.3 Å². The van der Waals surface area contributed by atoms with Crippen molar-refractivity contribution >= 4 is 21.6 Å². The van der Waals surface area contributed by atoms with Crippen LogP contribution in [-0.4, -0.2) is 20.5 Å². The summed E-state index contributed by atoms with van der Waals surface area (Å²) in [5, 5.41) is 8.77. The van der Waals surface area contributed by atoms with Crippen molar-refractivity contribution in [3.8, 4) is 6.07 Å². The predicted octanol–water partition coefficient (Wildman–Crippen LogP) is 1.37. The van der Waals surface area contributed by atoms with Crippen LogP contribution in [0.4, 0.5) is 0 Å². The number of nitrogens with one attached hydrogen (secondary N) is 1. The van der Waals surface area contributed by atoms with Crippen LogP contribution in [0.3, 0.4) is 0 Å². The minimum absolute atomic E-state index is 0.0210. The Bertz CT molecular complexity index is 624. The fourth-order valence-electron chi connectivity index (χ4n) is 2.19. The molecule has 7 heteroatoms. The van der Waals surface area contributed by atoms with Gasteiger partial charge in [-0.15, -0.1) is 0 Å². The van der Waals surface area contributed by atoms with Crippen LogP contribution < -0.4 is 10.5 Å². The molecule has 2 rings (SSSR count). The molecular formula is C12H14ClN3O2S. The lowest BCUT2D eigenvalue weighted by molar-refractivity contribution is 0.522. The molecule has 3 N–H and O–H groups in total. The Labute approximate surface area is 117 Å². The molecule has 1 aliphatic carbocycles. The molecule has 0 saturated heterocycles. The number of nitriles is 1. The van der Waals surface area contributed by atoms with Crippen LogP contribution in [0.5, 0.6) is 0 Å². The fraction of sp³-hybridized carbons (Fsp3) is 0.417. The molecule has 1 aromatic carbocycles. The highest BCUT2D eigenvalue weighted by Gasteiger charge is 2.29. The molecule has 1 fully saturated rings. The highest BCUT2D eigenvalue weighted by atomic mass is 35.5. The zero-order valence-corrected chi connectivity index (χ0v) is 11.7. The summed E-state index contributed by atoms with van der Waals surface area (Å²) in [5.41, 5.74) is 6.17. The lowest BCUT2D eigenvalue weighted by Gasteiger charge is -2.17. The molecule has 1 saturated carbocycles. The van der Waals surface area contributed by atoms with Gasteiger partial charge in [0.05, 0.1) is 16.7 Å². The Kier molecular flexibility index (Phi) is 4.11. The van der Waals surface area contributed by atoms with Crippen molar-refractivity contribution in [1.82, 2.24) is 4.72 Å². The van der Waals surface area contributed by atoms with Crippen LogP contribution in [0, 0.1) is 11.3 Å². The van der Waals surface area contributed by atoms with Gasteiger partial charge < -0.3 is 5.73 Å². The first-order valence-corrected chi connectivity index (χ1v) is 7.78. The summed E-state index contributed by atoms with van der Waals surface area (Å²) in [5.74, 6) is 0. The van der Waals surface area contributed by atoms with Crippen LogP contribution in [0.15, 0.2) is 23.1 Å². The van der Waals surface area contributed by atoms with Gasteiger partial charge >= 0.3 is 0 Å². The van der Waals surface area contributed by atoms with E-state index in [1.807, 2.05) is 6.07 Å². The van der Waals surface area contributed by atoms with E-state index in [1.165, 1.54) is 18.2 Å². The zero-order valence-electron chi connectivity index (χ0n) is 10.1. The molecule has 0 heterocycles. The van der Waals surface area contributed by atoms with Gasteiger partial charge in [0.1, 0.15) is 4.90 Å². The normalized spacial score (nSPS) is 23.2. The van der Waals surface area contributed by atoms with Gasteiger partial charge in [-0.1, -0.05) is 18.0 Å². The van der Waals surface area contributed by atoms with Crippen molar-refractivity contribution in [3.05, 3.63) is 28.8 Å². The summed E-state index contributed by atoms with van der Waals surface area (Å²) in [6, 6.07) is 5.59. The number of hydrogen-bond acceptors (Lipinski definition) is 4. The van der Waals surface area contributed by atoms with Crippen LogP contribution in [0.25, 0.3) is 0 Å². The molecule has 0 amide bonds.